The van der Waals surface area contributed by atoms with Gasteiger partial charge in [-0.1, -0.05) is 6.42 Å². The van der Waals surface area contributed by atoms with Crippen LogP contribution in [0.4, 0.5) is 5.69 Å². The van der Waals surface area contributed by atoms with Gasteiger partial charge < -0.3 is 9.64 Å². The number of morpholine rings is 1. The second-order valence-electron chi connectivity index (χ2n) is 7.44. The lowest BCUT2D eigenvalue weighted by atomic mass is 9.84. The Balaban J connectivity index is 1.48. The van der Waals surface area contributed by atoms with E-state index in [-0.39, 0.29) is 22.2 Å². The largest absolute Gasteiger partial charge is 0.378 e. The Kier molecular flexibility index (Phi) is 4.58. The average molecular weight is 363 g/mol. The van der Waals surface area contributed by atoms with Crippen LogP contribution in [0.2, 0.25) is 0 Å². The predicted molar refractivity (Wildman–Crippen MR) is 96.9 cm³/mol. The van der Waals surface area contributed by atoms with Crippen LogP contribution in [-0.4, -0.2) is 51.0 Å². The van der Waals surface area contributed by atoms with E-state index in [0.717, 1.165) is 51.3 Å². The number of hydrogen-bond acceptors (Lipinski definition) is 5. The Labute approximate surface area is 149 Å². The standard InChI is InChI=1S/C19H25NO4S/c21-19(15-12-17-2-1-3-18(13-15)25(17,22)23)14-4-6-16(7-5-14)20-8-10-24-11-9-20/h4-7,15,17-18H,1-3,8-13H2. The summed E-state index contributed by atoms with van der Waals surface area (Å²) in [5.41, 5.74) is 1.82. The number of nitrogens with zero attached hydrogens (tertiary/aromatic N) is 1. The smallest absolute Gasteiger partial charge is 0.166 e. The molecule has 0 saturated carbocycles. The summed E-state index contributed by atoms with van der Waals surface area (Å²) in [4.78, 5) is 15.2. The van der Waals surface area contributed by atoms with Crippen LogP contribution < -0.4 is 4.90 Å². The Morgan fingerprint density at radius 2 is 1.60 bits per heavy atom. The number of fused-ring (bicyclic) bond motifs is 2. The molecule has 3 aliphatic rings. The zero-order valence-electron chi connectivity index (χ0n) is 14.4. The number of carbonyl (C=O) groups is 1. The molecular weight excluding hydrogens is 338 g/mol. The van der Waals surface area contributed by atoms with Crippen molar-refractivity contribution in [1.29, 1.82) is 0 Å². The topological polar surface area (TPSA) is 63.7 Å². The minimum absolute atomic E-state index is 0.111. The average Bonchev–Trinajstić information content (AvgIpc) is 2.61. The van der Waals surface area contributed by atoms with Crippen molar-refractivity contribution in [2.24, 2.45) is 5.92 Å². The van der Waals surface area contributed by atoms with Crippen molar-refractivity contribution in [3.8, 4) is 0 Å². The van der Waals surface area contributed by atoms with Crippen molar-refractivity contribution in [2.75, 3.05) is 31.2 Å². The van der Waals surface area contributed by atoms with Gasteiger partial charge in [-0.3, -0.25) is 4.79 Å². The molecule has 4 rings (SSSR count). The number of Topliss-reactive ketones (excluding diaryl/α,β-unsaturated/α-hetero) is 1. The molecule has 6 heteroatoms. The lowest BCUT2D eigenvalue weighted by molar-refractivity contribution is 0.0894. The summed E-state index contributed by atoms with van der Waals surface area (Å²) in [5, 5.41) is -0.608. The molecule has 2 atom stereocenters. The number of anilines is 1. The van der Waals surface area contributed by atoms with E-state index < -0.39 is 9.84 Å². The summed E-state index contributed by atoms with van der Waals surface area (Å²) in [7, 11) is -3.01. The van der Waals surface area contributed by atoms with Crippen molar-refractivity contribution in [3.63, 3.8) is 0 Å². The van der Waals surface area contributed by atoms with Crippen LogP contribution in [0, 0.1) is 5.92 Å². The fourth-order valence-electron chi connectivity index (χ4n) is 4.52. The molecule has 2 bridgehead atoms. The number of ether oxygens (including phenoxy) is 1. The number of rotatable bonds is 3. The van der Waals surface area contributed by atoms with Crippen LogP contribution in [0.1, 0.15) is 42.5 Å². The molecule has 2 unspecified atom stereocenters. The van der Waals surface area contributed by atoms with E-state index in [9.17, 15) is 13.2 Å². The van der Waals surface area contributed by atoms with E-state index >= 15 is 0 Å². The molecule has 3 fully saturated rings. The first kappa shape index (κ1) is 17.0. The molecule has 0 amide bonds. The zero-order chi connectivity index (χ0) is 17.4. The van der Waals surface area contributed by atoms with Crippen molar-refractivity contribution in [1.82, 2.24) is 0 Å². The van der Waals surface area contributed by atoms with Crippen LogP contribution in [0.15, 0.2) is 24.3 Å². The van der Waals surface area contributed by atoms with Crippen LogP contribution in [-0.2, 0) is 14.6 Å². The Hall–Kier alpha value is -1.40. The predicted octanol–water partition coefficient (Wildman–Crippen LogP) is 2.45. The van der Waals surface area contributed by atoms with Crippen LogP contribution in [0.5, 0.6) is 0 Å². The summed E-state index contributed by atoms with van der Waals surface area (Å²) in [6, 6.07) is 7.79. The van der Waals surface area contributed by atoms with Gasteiger partial charge in [-0.2, -0.15) is 0 Å². The third-order valence-corrected chi connectivity index (χ3v) is 8.69. The molecule has 3 aliphatic heterocycles. The van der Waals surface area contributed by atoms with Crippen molar-refractivity contribution >= 4 is 21.3 Å². The van der Waals surface area contributed by atoms with Crippen molar-refractivity contribution in [2.45, 2.75) is 42.6 Å². The van der Waals surface area contributed by atoms with E-state index in [2.05, 4.69) is 4.90 Å². The van der Waals surface area contributed by atoms with E-state index in [1.807, 2.05) is 24.3 Å². The van der Waals surface area contributed by atoms with Crippen LogP contribution in [0.3, 0.4) is 0 Å². The highest BCUT2D eigenvalue weighted by Crippen LogP contribution is 2.40. The lowest BCUT2D eigenvalue weighted by Crippen LogP contribution is -2.45. The minimum Gasteiger partial charge on any atom is -0.378 e. The molecule has 1 aromatic carbocycles. The van der Waals surface area contributed by atoms with E-state index in [4.69, 9.17) is 4.74 Å². The van der Waals surface area contributed by atoms with E-state index in [1.54, 1.807) is 0 Å². The van der Waals surface area contributed by atoms with Gasteiger partial charge in [0.05, 0.1) is 23.7 Å². The molecule has 0 radical (unpaired) electrons. The second-order valence-corrected chi connectivity index (χ2v) is 9.95. The molecule has 3 heterocycles. The van der Waals surface area contributed by atoms with Gasteiger partial charge in [0.1, 0.15) is 0 Å². The summed E-state index contributed by atoms with van der Waals surface area (Å²) in [6.07, 6.45) is 3.42. The molecule has 0 spiro atoms. The first-order valence-electron chi connectivity index (χ1n) is 9.25. The van der Waals surface area contributed by atoms with Crippen molar-refractivity contribution in [3.05, 3.63) is 29.8 Å². The molecule has 0 aliphatic carbocycles. The van der Waals surface area contributed by atoms with Gasteiger partial charge >= 0.3 is 0 Å². The maximum absolute atomic E-state index is 12.9. The summed E-state index contributed by atoms with van der Waals surface area (Å²) in [6.45, 7) is 3.22. The molecule has 25 heavy (non-hydrogen) atoms. The van der Waals surface area contributed by atoms with Gasteiger partial charge in [0.25, 0.3) is 0 Å². The van der Waals surface area contributed by atoms with Gasteiger partial charge in [0.15, 0.2) is 15.6 Å². The van der Waals surface area contributed by atoms with Crippen LogP contribution >= 0.6 is 0 Å². The molecule has 0 aromatic heterocycles. The maximum Gasteiger partial charge on any atom is 0.166 e. The summed E-state index contributed by atoms with van der Waals surface area (Å²) < 4.78 is 30.2. The molecule has 1 aromatic rings. The quantitative estimate of drug-likeness (QED) is 0.772. The maximum atomic E-state index is 12.9. The fourth-order valence-corrected chi connectivity index (χ4v) is 7.05. The van der Waals surface area contributed by atoms with E-state index in [1.165, 1.54) is 0 Å². The third kappa shape index (κ3) is 3.22. The minimum atomic E-state index is -3.01. The highest BCUT2D eigenvalue weighted by Gasteiger charge is 2.46. The fraction of sp³-hybridized carbons (Fsp3) is 0.632. The van der Waals surface area contributed by atoms with Gasteiger partial charge in [0.2, 0.25) is 0 Å². The monoisotopic (exact) mass is 363 g/mol. The van der Waals surface area contributed by atoms with Crippen molar-refractivity contribution < 1.29 is 17.9 Å². The highest BCUT2D eigenvalue weighted by atomic mass is 32.2. The summed E-state index contributed by atoms with van der Waals surface area (Å²) in [5.74, 6) is -0.0339. The molecule has 5 nitrogen and oxygen atoms in total. The highest BCUT2D eigenvalue weighted by molar-refractivity contribution is 7.92. The van der Waals surface area contributed by atoms with Crippen LogP contribution in [0.25, 0.3) is 0 Å². The third-order valence-electron chi connectivity index (χ3n) is 5.98. The van der Waals surface area contributed by atoms with Gasteiger partial charge in [0, 0.05) is 30.3 Å². The Morgan fingerprint density at radius 1 is 1.00 bits per heavy atom. The molecule has 136 valence electrons. The second kappa shape index (κ2) is 6.72. The van der Waals surface area contributed by atoms with Gasteiger partial charge in [-0.05, 0) is 49.9 Å². The zero-order valence-corrected chi connectivity index (χ0v) is 15.2. The number of hydrogen-bond donors (Lipinski definition) is 0. The number of benzene rings is 1. The lowest BCUT2D eigenvalue weighted by Gasteiger charge is -2.38. The first-order valence-corrected chi connectivity index (χ1v) is 10.9. The Morgan fingerprint density at radius 3 is 2.20 bits per heavy atom. The van der Waals surface area contributed by atoms with Gasteiger partial charge in [-0.15, -0.1) is 0 Å². The SMILES string of the molecule is O=C(c1ccc(N2CCOCC2)cc1)C1CC2CCCC(C1)S2(=O)=O. The normalized spacial score (nSPS) is 31.5. The molecule has 0 N–H and O–H groups in total. The van der Waals surface area contributed by atoms with E-state index in [0.29, 0.717) is 18.4 Å². The number of ketones is 1. The summed E-state index contributed by atoms with van der Waals surface area (Å²) >= 11 is 0. The number of carbonyl (C=O) groups excluding carboxylic acids is 1. The number of sulfone groups is 1. The first-order chi connectivity index (χ1) is 12.1. The molecular formula is C19H25NO4S. The van der Waals surface area contributed by atoms with Gasteiger partial charge in [-0.25, -0.2) is 8.42 Å². The molecule has 3 saturated heterocycles. The Bertz CT molecular complexity index is 717.